The first-order valence-electron chi connectivity index (χ1n) is 4.52. The highest BCUT2D eigenvalue weighted by atomic mass is 32.2. The second-order valence-corrected chi connectivity index (χ2v) is 4.28. The van der Waals surface area contributed by atoms with Crippen LogP contribution in [0.2, 0.25) is 0 Å². The molecule has 0 aliphatic rings. The summed E-state index contributed by atoms with van der Waals surface area (Å²) >= 11 is 0. The molecule has 0 aromatic rings. The minimum absolute atomic E-state index is 0.0120. The predicted molar refractivity (Wildman–Crippen MR) is 55.0 cm³/mol. The minimum Gasteiger partial charge on any atom is -0.449 e. The van der Waals surface area contributed by atoms with E-state index in [4.69, 9.17) is 5.11 Å². The molecule has 0 aromatic heterocycles. The number of hydrogen-bond acceptors (Lipinski definition) is 6. The molecule has 0 aliphatic heterocycles. The highest BCUT2D eigenvalue weighted by molar-refractivity contribution is 7.88. The zero-order valence-electron chi connectivity index (χ0n) is 9.10. The van der Waals surface area contributed by atoms with Crippen molar-refractivity contribution in [3.05, 3.63) is 0 Å². The van der Waals surface area contributed by atoms with Gasteiger partial charge in [0, 0.05) is 13.7 Å². The molecule has 0 saturated heterocycles. The first-order valence-corrected chi connectivity index (χ1v) is 6.00. The van der Waals surface area contributed by atoms with Crippen LogP contribution in [0, 0.1) is 0 Å². The summed E-state index contributed by atoms with van der Waals surface area (Å²) in [5.41, 5.74) is 0. The van der Waals surface area contributed by atoms with E-state index in [1.165, 1.54) is 7.11 Å². The van der Waals surface area contributed by atoms with Gasteiger partial charge >= 0.3 is 16.3 Å². The lowest BCUT2D eigenvalue weighted by Gasteiger charge is -2.11. The van der Waals surface area contributed by atoms with Gasteiger partial charge in [0.15, 0.2) is 0 Å². The predicted octanol–water partition coefficient (Wildman–Crippen LogP) is -1.43. The lowest BCUT2D eigenvalue weighted by molar-refractivity contribution is 0.0678. The molecule has 0 rings (SSSR count). The Kier molecular flexibility index (Phi) is 6.97. The van der Waals surface area contributed by atoms with Crippen molar-refractivity contribution in [2.75, 3.05) is 26.9 Å². The number of rotatable bonds is 7. The first-order chi connectivity index (χ1) is 7.41. The summed E-state index contributed by atoms with van der Waals surface area (Å²) in [6, 6.07) is 0. The van der Waals surface area contributed by atoms with Crippen molar-refractivity contribution in [1.82, 2.24) is 9.44 Å². The van der Waals surface area contributed by atoms with E-state index in [9.17, 15) is 13.2 Å². The molecule has 0 radical (unpaired) electrons. The van der Waals surface area contributed by atoms with Gasteiger partial charge in [0.05, 0.1) is 19.3 Å². The van der Waals surface area contributed by atoms with Crippen molar-refractivity contribution in [2.45, 2.75) is 13.0 Å². The highest BCUT2D eigenvalue weighted by Gasteiger charge is 2.16. The molecule has 8 nitrogen and oxygen atoms in total. The van der Waals surface area contributed by atoms with E-state index in [0.29, 0.717) is 0 Å². The minimum atomic E-state index is -4.01. The van der Waals surface area contributed by atoms with Crippen LogP contribution < -0.4 is 9.44 Å². The van der Waals surface area contributed by atoms with Crippen LogP contribution in [0.5, 0.6) is 0 Å². The highest BCUT2D eigenvalue weighted by Crippen LogP contribution is 1.86. The number of aliphatic hydroxyl groups is 1. The summed E-state index contributed by atoms with van der Waals surface area (Å²) in [6.07, 6.45) is -2.06. The Morgan fingerprint density at radius 1 is 1.50 bits per heavy atom. The molecule has 0 aliphatic carbocycles. The second kappa shape index (κ2) is 7.39. The van der Waals surface area contributed by atoms with Gasteiger partial charge in [-0.2, -0.15) is 13.1 Å². The summed E-state index contributed by atoms with van der Waals surface area (Å²) < 4.78 is 34.8. The molecule has 0 heterocycles. The van der Waals surface area contributed by atoms with Gasteiger partial charge in [-0.25, -0.2) is 9.52 Å². The maximum atomic E-state index is 11.1. The van der Waals surface area contributed by atoms with Crippen molar-refractivity contribution < 1.29 is 27.8 Å². The second-order valence-electron chi connectivity index (χ2n) is 2.78. The Balaban J connectivity index is 4.01. The summed E-state index contributed by atoms with van der Waals surface area (Å²) in [5.74, 6) is 0. The molecular formula is C7H16N2O6S. The molecule has 96 valence electrons. The molecule has 1 amide bonds. The van der Waals surface area contributed by atoms with Crippen molar-refractivity contribution in [3.8, 4) is 0 Å². The SMILES string of the molecule is CCOC(=O)NS(=O)(=O)NCC(O)COC. The number of carbonyl (C=O) groups excluding carboxylic acids is 1. The average molecular weight is 256 g/mol. The van der Waals surface area contributed by atoms with Crippen LogP contribution in [0.4, 0.5) is 4.79 Å². The van der Waals surface area contributed by atoms with Crippen LogP contribution in [0.3, 0.4) is 0 Å². The van der Waals surface area contributed by atoms with Crippen LogP contribution >= 0.6 is 0 Å². The van der Waals surface area contributed by atoms with Crippen molar-refractivity contribution in [2.24, 2.45) is 0 Å². The lowest BCUT2D eigenvalue weighted by atomic mass is 10.4. The molecule has 3 N–H and O–H groups in total. The Morgan fingerprint density at radius 3 is 2.62 bits per heavy atom. The Labute approximate surface area is 94.1 Å². The Morgan fingerprint density at radius 2 is 2.12 bits per heavy atom. The monoisotopic (exact) mass is 256 g/mol. The summed E-state index contributed by atoms with van der Waals surface area (Å²) in [4.78, 5) is 10.8. The zero-order valence-corrected chi connectivity index (χ0v) is 9.91. The summed E-state index contributed by atoms with van der Waals surface area (Å²) in [6.45, 7) is 1.33. The molecule has 0 bridgehead atoms. The molecule has 1 unspecified atom stereocenters. The third-order valence-corrected chi connectivity index (χ3v) is 2.34. The number of ether oxygens (including phenoxy) is 2. The van der Waals surface area contributed by atoms with E-state index in [-0.39, 0.29) is 19.8 Å². The van der Waals surface area contributed by atoms with Gasteiger partial charge < -0.3 is 14.6 Å². The fourth-order valence-electron chi connectivity index (χ4n) is 0.764. The largest absolute Gasteiger partial charge is 0.449 e. The van der Waals surface area contributed by atoms with Gasteiger partial charge in [0.1, 0.15) is 0 Å². The van der Waals surface area contributed by atoms with Crippen LogP contribution in [0.1, 0.15) is 6.92 Å². The van der Waals surface area contributed by atoms with E-state index in [1.54, 1.807) is 11.6 Å². The van der Waals surface area contributed by atoms with Crippen LogP contribution in [0.15, 0.2) is 0 Å². The average Bonchev–Trinajstić information content (AvgIpc) is 2.15. The zero-order chi connectivity index (χ0) is 12.6. The van der Waals surface area contributed by atoms with E-state index in [1.807, 2.05) is 4.72 Å². The van der Waals surface area contributed by atoms with E-state index in [0.717, 1.165) is 0 Å². The van der Waals surface area contributed by atoms with E-state index >= 15 is 0 Å². The smallest absolute Gasteiger partial charge is 0.421 e. The van der Waals surface area contributed by atoms with Crippen molar-refractivity contribution in [1.29, 1.82) is 0 Å². The molecule has 0 saturated carbocycles. The van der Waals surface area contributed by atoms with Gasteiger partial charge in [-0.15, -0.1) is 0 Å². The molecule has 1 atom stereocenters. The van der Waals surface area contributed by atoms with Gasteiger partial charge in [-0.1, -0.05) is 0 Å². The van der Waals surface area contributed by atoms with Crippen LogP contribution in [-0.2, 0) is 19.7 Å². The number of aliphatic hydroxyl groups excluding tert-OH is 1. The third-order valence-electron chi connectivity index (χ3n) is 1.36. The molecule has 16 heavy (non-hydrogen) atoms. The van der Waals surface area contributed by atoms with Crippen LogP contribution in [0.25, 0.3) is 0 Å². The fourth-order valence-corrected chi connectivity index (χ4v) is 1.53. The quantitative estimate of drug-likeness (QED) is 0.515. The molecule has 0 fully saturated rings. The summed E-state index contributed by atoms with van der Waals surface area (Å²) in [5, 5.41) is 9.15. The standard InChI is InChI=1S/C7H16N2O6S/c1-3-15-7(11)9-16(12,13)8-4-6(10)5-14-2/h6,8,10H,3-5H2,1-2H3,(H,9,11). The number of amides is 1. The number of methoxy groups -OCH3 is 1. The fraction of sp³-hybridized carbons (Fsp3) is 0.857. The van der Waals surface area contributed by atoms with Crippen LogP contribution in [-0.4, -0.2) is 52.6 Å². The van der Waals surface area contributed by atoms with Gasteiger partial charge in [0.2, 0.25) is 0 Å². The molecule has 0 spiro atoms. The van der Waals surface area contributed by atoms with Crippen molar-refractivity contribution in [3.63, 3.8) is 0 Å². The van der Waals surface area contributed by atoms with E-state index < -0.39 is 22.4 Å². The normalized spacial score (nSPS) is 13.2. The Hall–Kier alpha value is -0.900. The van der Waals surface area contributed by atoms with Gasteiger partial charge in [-0.3, -0.25) is 0 Å². The first kappa shape index (κ1) is 15.1. The maximum absolute atomic E-state index is 11.1. The summed E-state index contributed by atoms with van der Waals surface area (Å²) in [7, 11) is -2.64. The lowest BCUT2D eigenvalue weighted by Crippen LogP contribution is -2.44. The Bertz CT molecular complexity index is 304. The number of carbonyl (C=O) groups is 1. The van der Waals surface area contributed by atoms with Crippen molar-refractivity contribution >= 4 is 16.3 Å². The van der Waals surface area contributed by atoms with E-state index in [2.05, 4.69) is 9.47 Å². The third kappa shape index (κ3) is 7.40. The topological polar surface area (TPSA) is 114 Å². The molecule has 9 heteroatoms. The van der Waals surface area contributed by atoms with Gasteiger partial charge in [-0.05, 0) is 6.92 Å². The number of hydrogen-bond donors (Lipinski definition) is 3. The van der Waals surface area contributed by atoms with Gasteiger partial charge in [0.25, 0.3) is 0 Å². The molecule has 0 aromatic carbocycles. The number of nitrogens with one attached hydrogen (secondary N) is 2. The molecular weight excluding hydrogens is 240 g/mol. The maximum Gasteiger partial charge on any atom is 0.421 e.